The van der Waals surface area contributed by atoms with Gasteiger partial charge in [-0.05, 0) is 31.7 Å². The van der Waals surface area contributed by atoms with Crippen molar-refractivity contribution < 1.29 is 13.8 Å². The summed E-state index contributed by atoms with van der Waals surface area (Å²) in [5.74, 6) is 1.48. The van der Waals surface area contributed by atoms with E-state index in [0.29, 0.717) is 35.3 Å². The van der Waals surface area contributed by atoms with Crippen LogP contribution in [0.25, 0.3) is 0 Å². The zero-order chi connectivity index (χ0) is 18.8. The van der Waals surface area contributed by atoms with Crippen LogP contribution in [0.4, 0.5) is 16.3 Å². The molecule has 1 atom stereocenters. The van der Waals surface area contributed by atoms with E-state index < -0.39 is 0 Å². The summed E-state index contributed by atoms with van der Waals surface area (Å²) >= 11 is 0. The maximum absolute atomic E-state index is 12.5. The highest BCUT2D eigenvalue weighted by Crippen LogP contribution is 2.34. The maximum atomic E-state index is 12.5. The smallest absolute Gasteiger partial charge is 0.320 e. The maximum Gasteiger partial charge on any atom is 0.320 e. The number of nitrogens with one attached hydrogen (secondary N) is 3. The topological polar surface area (TPSA) is 113 Å². The normalized spacial score (nSPS) is 18.6. The van der Waals surface area contributed by atoms with Crippen molar-refractivity contribution in [1.82, 2.24) is 10.3 Å². The molecule has 0 radical (unpaired) electrons. The Kier molecular flexibility index (Phi) is 4.66. The van der Waals surface area contributed by atoms with Gasteiger partial charge in [0.2, 0.25) is 0 Å². The molecule has 4 rings (SSSR count). The monoisotopic (exact) mass is 371 g/mol. The summed E-state index contributed by atoms with van der Waals surface area (Å²) in [5, 5.41) is 13.9. The molecular weight excluding hydrogens is 342 g/mol. The number of rotatable bonds is 4. The lowest BCUT2D eigenvalue weighted by atomic mass is 10.0. The molecule has 2 aliphatic rings. The number of benzene rings is 1. The van der Waals surface area contributed by atoms with Crippen LogP contribution in [0.2, 0.25) is 0 Å². The molecule has 7 nitrogen and oxygen atoms in total. The number of para-hydroxylation sites is 1. The van der Waals surface area contributed by atoms with E-state index in [1.807, 2.05) is 24.3 Å². The minimum Gasteiger partial charge on any atom is -0.493 e. The van der Waals surface area contributed by atoms with Crippen LogP contribution in [0.1, 0.15) is 47.1 Å². The Labute approximate surface area is 162 Å². The van der Waals surface area contributed by atoms with E-state index in [2.05, 4.69) is 15.6 Å². The van der Waals surface area contributed by atoms with Crippen molar-refractivity contribution in [2.75, 3.05) is 17.7 Å². The minimum absolute atomic E-state index is 0. The van der Waals surface area contributed by atoms with Gasteiger partial charge < -0.3 is 21.2 Å². The largest absolute Gasteiger partial charge is 0.493 e. The fourth-order valence-corrected chi connectivity index (χ4v) is 3.34. The van der Waals surface area contributed by atoms with E-state index in [-0.39, 0.29) is 16.4 Å². The number of anilines is 2. The summed E-state index contributed by atoms with van der Waals surface area (Å²) < 4.78 is 5.73. The van der Waals surface area contributed by atoms with Crippen LogP contribution in [-0.2, 0) is 0 Å². The van der Waals surface area contributed by atoms with Gasteiger partial charge in [0.05, 0.1) is 12.6 Å². The van der Waals surface area contributed by atoms with Crippen molar-refractivity contribution in [2.24, 2.45) is 5.92 Å². The number of hydrogen-bond donors (Lipinski definition) is 4. The number of nitrogen functional groups attached to an aromatic ring is 1. The number of carbonyl (C=O) groups is 1. The zero-order valence-corrected chi connectivity index (χ0v) is 15.0. The van der Waals surface area contributed by atoms with Crippen molar-refractivity contribution >= 4 is 23.2 Å². The van der Waals surface area contributed by atoms with Crippen molar-refractivity contribution in [1.29, 1.82) is 5.41 Å². The molecule has 0 bridgehead atoms. The number of aromatic nitrogens is 1. The number of hydrogen-bond acceptors (Lipinski definition) is 5. The molecule has 2 heterocycles. The Morgan fingerprint density at radius 3 is 2.89 bits per heavy atom. The third-order valence-corrected chi connectivity index (χ3v) is 4.95. The van der Waals surface area contributed by atoms with Gasteiger partial charge in [-0.25, -0.2) is 9.78 Å². The van der Waals surface area contributed by atoms with Crippen LogP contribution in [0, 0.1) is 11.3 Å². The highest BCUT2D eigenvalue weighted by atomic mass is 16.5. The Bertz CT molecular complexity index is 892. The van der Waals surface area contributed by atoms with E-state index in [9.17, 15) is 4.79 Å². The second-order valence-corrected chi connectivity index (χ2v) is 7.02. The number of nitrogens with zero attached hydrogens (tertiary/aromatic N) is 1. The van der Waals surface area contributed by atoms with E-state index in [4.69, 9.17) is 15.9 Å². The number of fused-ring (bicyclic) bond motifs is 1. The highest BCUT2D eigenvalue weighted by molar-refractivity contribution is 6.05. The SMILES string of the molecule is N=C(c1cnc(NC(=O)NC2CCCOc3ccccc32)cc1N)C1CC1.[HH].[HH].[HH]. The number of amides is 2. The van der Waals surface area contributed by atoms with Gasteiger partial charge in [0.15, 0.2) is 0 Å². The van der Waals surface area contributed by atoms with Gasteiger partial charge in [0, 0.05) is 45.0 Å². The first-order valence-electron chi connectivity index (χ1n) is 9.25. The Morgan fingerprint density at radius 1 is 1.30 bits per heavy atom. The molecular formula is C20H29N5O2. The predicted octanol–water partition coefficient (Wildman–Crippen LogP) is 4.22. The van der Waals surface area contributed by atoms with Crippen molar-refractivity contribution in [3.05, 3.63) is 47.7 Å². The molecule has 2 amide bonds. The number of pyridine rings is 1. The van der Waals surface area contributed by atoms with E-state index >= 15 is 0 Å². The van der Waals surface area contributed by atoms with Crippen LogP contribution >= 0.6 is 0 Å². The molecule has 27 heavy (non-hydrogen) atoms. The predicted molar refractivity (Wildman–Crippen MR) is 111 cm³/mol. The summed E-state index contributed by atoms with van der Waals surface area (Å²) in [5.41, 5.74) is 8.69. The summed E-state index contributed by atoms with van der Waals surface area (Å²) in [6.07, 6.45) is 5.31. The van der Waals surface area contributed by atoms with Crippen molar-refractivity contribution in [3.8, 4) is 5.75 Å². The molecule has 2 aromatic rings. The molecule has 1 aromatic heterocycles. The first kappa shape index (κ1) is 17.3. The van der Waals surface area contributed by atoms with Gasteiger partial charge >= 0.3 is 6.03 Å². The van der Waals surface area contributed by atoms with Crippen LogP contribution in [0.15, 0.2) is 36.5 Å². The lowest BCUT2D eigenvalue weighted by molar-refractivity contribution is 0.247. The molecule has 1 saturated carbocycles. The second kappa shape index (κ2) is 7.26. The highest BCUT2D eigenvalue weighted by Gasteiger charge is 2.28. The number of ether oxygens (including phenoxy) is 1. The molecule has 5 N–H and O–H groups in total. The van der Waals surface area contributed by atoms with Crippen LogP contribution in [-0.4, -0.2) is 23.3 Å². The average Bonchev–Trinajstić information content (AvgIpc) is 3.49. The van der Waals surface area contributed by atoms with Gasteiger partial charge in [-0.3, -0.25) is 5.32 Å². The summed E-state index contributed by atoms with van der Waals surface area (Å²) in [4.78, 5) is 16.7. The third-order valence-electron chi connectivity index (χ3n) is 4.95. The molecule has 1 aliphatic carbocycles. The number of urea groups is 1. The van der Waals surface area contributed by atoms with Crippen LogP contribution in [0.3, 0.4) is 0 Å². The zero-order valence-electron chi connectivity index (χ0n) is 15.0. The average molecular weight is 371 g/mol. The Hall–Kier alpha value is -3.09. The van der Waals surface area contributed by atoms with E-state index in [1.165, 1.54) is 0 Å². The molecule has 0 saturated heterocycles. The fourth-order valence-electron chi connectivity index (χ4n) is 3.34. The van der Waals surface area contributed by atoms with E-state index in [0.717, 1.165) is 37.0 Å². The quantitative estimate of drug-likeness (QED) is 0.603. The second-order valence-electron chi connectivity index (χ2n) is 7.02. The lowest BCUT2D eigenvalue weighted by Gasteiger charge is -2.18. The minimum atomic E-state index is -0.339. The van der Waals surface area contributed by atoms with Gasteiger partial charge in [-0.15, -0.1) is 0 Å². The molecule has 1 aliphatic heterocycles. The molecule has 1 aromatic carbocycles. The summed E-state index contributed by atoms with van der Waals surface area (Å²) in [6, 6.07) is 8.90. The molecule has 146 valence electrons. The lowest BCUT2D eigenvalue weighted by Crippen LogP contribution is -2.32. The molecule has 0 spiro atoms. The molecule has 7 heteroatoms. The van der Waals surface area contributed by atoms with Gasteiger partial charge in [0.25, 0.3) is 0 Å². The fraction of sp³-hybridized carbons (Fsp3) is 0.350. The summed E-state index contributed by atoms with van der Waals surface area (Å²) in [7, 11) is 0. The van der Waals surface area contributed by atoms with E-state index in [1.54, 1.807) is 12.3 Å². The van der Waals surface area contributed by atoms with Crippen molar-refractivity contribution in [2.45, 2.75) is 31.7 Å². The first-order chi connectivity index (χ1) is 13.1. The third kappa shape index (κ3) is 3.86. The van der Waals surface area contributed by atoms with Gasteiger partial charge in [-0.1, -0.05) is 18.2 Å². The van der Waals surface area contributed by atoms with Crippen LogP contribution in [0.5, 0.6) is 5.75 Å². The number of nitrogens with two attached hydrogens (primary N) is 1. The Balaban J connectivity index is 0.00000150. The number of carbonyl (C=O) groups excluding carboxylic acids is 1. The first-order valence-corrected chi connectivity index (χ1v) is 9.25. The Morgan fingerprint density at radius 2 is 2.11 bits per heavy atom. The van der Waals surface area contributed by atoms with Gasteiger partial charge in [0.1, 0.15) is 11.6 Å². The molecule has 1 unspecified atom stereocenters. The van der Waals surface area contributed by atoms with Gasteiger partial charge in [-0.2, -0.15) is 0 Å². The van der Waals surface area contributed by atoms with Crippen molar-refractivity contribution in [3.63, 3.8) is 0 Å². The summed E-state index contributed by atoms with van der Waals surface area (Å²) in [6.45, 7) is 0.642. The van der Waals surface area contributed by atoms with Crippen LogP contribution < -0.4 is 21.1 Å². The standard InChI is InChI=1S/C20H23N5O2.3H2/c21-15-10-18(23-11-14(15)19(22)12-7-8-12)25-20(26)24-16-5-3-9-27-17-6-2-1-4-13(16)17;;;/h1-2,4,6,10-12,16,22H,3,5,7-9H2,(H4,21,23,24,25,26);3*1H. The molecule has 1 fully saturated rings.